The van der Waals surface area contributed by atoms with Crippen LogP contribution in [0.25, 0.3) is 11.0 Å². The van der Waals surface area contributed by atoms with Crippen LogP contribution in [-0.2, 0) is 11.3 Å². The van der Waals surface area contributed by atoms with Gasteiger partial charge in [-0.3, -0.25) is 0 Å². The Morgan fingerprint density at radius 3 is 2.95 bits per heavy atom. The molecule has 104 valence electrons. The zero-order chi connectivity index (χ0) is 13.7. The third-order valence-corrected chi connectivity index (χ3v) is 2.98. The van der Waals surface area contributed by atoms with Crippen LogP contribution in [0.1, 0.15) is 19.6 Å². The van der Waals surface area contributed by atoms with E-state index in [-0.39, 0.29) is 0 Å². The van der Waals surface area contributed by atoms with Crippen molar-refractivity contribution < 1.29 is 13.9 Å². The number of nitrogens with one attached hydrogen (secondary N) is 1. The van der Waals surface area contributed by atoms with Crippen molar-refractivity contribution in [1.29, 1.82) is 0 Å². The van der Waals surface area contributed by atoms with Gasteiger partial charge in [-0.25, -0.2) is 0 Å². The second-order valence-corrected chi connectivity index (χ2v) is 4.53. The molecule has 1 N–H and O–H groups in total. The SMILES string of the molecule is CCOCC(C)NCc1cc2cccc(OC)c2o1. The highest BCUT2D eigenvalue weighted by Gasteiger charge is 2.09. The second kappa shape index (κ2) is 6.59. The van der Waals surface area contributed by atoms with Gasteiger partial charge in [-0.1, -0.05) is 12.1 Å². The van der Waals surface area contributed by atoms with Crippen molar-refractivity contribution in [2.45, 2.75) is 26.4 Å². The largest absolute Gasteiger partial charge is 0.493 e. The first-order valence-corrected chi connectivity index (χ1v) is 6.61. The Labute approximate surface area is 113 Å². The molecule has 0 fully saturated rings. The topological polar surface area (TPSA) is 43.6 Å². The highest BCUT2D eigenvalue weighted by Crippen LogP contribution is 2.28. The highest BCUT2D eigenvalue weighted by molar-refractivity contribution is 5.83. The van der Waals surface area contributed by atoms with E-state index in [2.05, 4.69) is 12.2 Å². The van der Waals surface area contributed by atoms with Gasteiger partial charge < -0.3 is 19.2 Å². The molecular formula is C15H21NO3. The Morgan fingerprint density at radius 2 is 2.21 bits per heavy atom. The number of rotatable bonds is 7. The standard InChI is InChI=1S/C15H21NO3/c1-4-18-10-11(2)16-9-13-8-12-6-5-7-14(17-3)15(12)19-13/h5-8,11,16H,4,9-10H2,1-3H3. The molecule has 0 bridgehead atoms. The molecule has 4 heteroatoms. The lowest BCUT2D eigenvalue weighted by Gasteiger charge is -2.12. The number of methoxy groups -OCH3 is 1. The number of furan rings is 1. The van der Waals surface area contributed by atoms with Gasteiger partial charge >= 0.3 is 0 Å². The van der Waals surface area contributed by atoms with Crippen LogP contribution in [0.15, 0.2) is 28.7 Å². The van der Waals surface area contributed by atoms with E-state index in [9.17, 15) is 0 Å². The van der Waals surface area contributed by atoms with E-state index >= 15 is 0 Å². The molecule has 2 rings (SSSR count). The van der Waals surface area contributed by atoms with Crippen LogP contribution in [0.4, 0.5) is 0 Å². The zero-order valence-electron chi connectivity index (χ0n) is 11.7. The third kappa shape index (κ3) is 3.49. The summed E-state index contributed by atoms with van der Waals surface area (Å²) in [5.74, 6) is 1.67. The minimum absolute atomic E-state index is 0.301. The Morgan fingerprint density at radius 1 is 1.37 bits per heavy atom. The predicted molar refractivity (Wildman–Crippen MR) is 75.6 cm³/mol. The molecule has 1 heterocycles. The Kier molecular flexibility index (Phi) is 4.82. The smallest absolute Gasteiger partial charge is 0.176 e. The molecule has 1 atom stereocenters. The van der Waals surface area contributed by atoms with E-state index in [1.54, 1.807) is 7.11 Å². The van der Waals surface area contributed by atoms with Crippen molar-refractivity contribution in [3.05, 3.63) is 30.0 Å². The van der Waals surface area contributed by atoms with Gasteiger partial charge in [0, 0.05) is 18.0 Å². The summed E-state index contributed by atoms with van der Waals surface area (Å²) in [7, 11) is 1.65. The fourth-order valence-corrected chi connectivity index (χ4v) is 1.97. The van der Waals surface area contributed by atoms with Crippen LogP contribution in [0.5, 0.6) is 5.75 Å². The van der Waals surface area contributed by atoms with Gasteiger partial charge in [0.25, 0.3) is 0 Å². The van der Waals surface area contributed by atoms with Crippen LogP contribution in [0, 0.1) is 0 Å². The minimum atomic E-state index is 0.301. The molecular weight excluding hydrogens is 242 g/mol. The summed E-state index contributed by atoms with van der Waals surface area (Å²) in [5, 5.41) is 4.44. The molecule has 0 aliphatic heterocycles. The summed E-state index contributed by atoms with van der Waals surface area (Å²) in [5.41, 5.74) is 0.805. The molecule has 4 nitrogen and oxygen atoms in total. The van der Waals surface area contributed by atoms with E-state index in [1.807, 2.05) is 31.2 Å². The van der Waals surface area contributed by atoms with Crippen molar-refractivity contribution in [3.8, 4) is 5.75 Å². The lowest BCUT2D eigenvalue weighted by molar-refractivity contribution is 0.126. The molecule has 19 heavy (non-hydrogen) atoms. The van der Waals surface area contributed by atoms with Gasteiger partial charge in [0.15, 0.2) is 11.3 Å². The summed E-state index contributed by atoms with van der Waals surface area (Å²) in [6.07, 6.45) is 0. The summed E-state index contributed by atoms with van der Waals surface area (Å²) < 4.78 is 16.5. The second-order valence-electron chi connectivity index (χ2n) is 4.53. The van der Waals surface area contributed by atoms with Crippen molar-refractivity contribution >= 4 is 11.0 Å². The average molecular weight is 263 g/mol. The molecule has 1 unspecified atom stereocenters. The number of benzene rings is 1. The van der Waals surface area contributed by atoms with Crippen LogP contribution in [-0.4, -0.2) is 26.4 Å². The van der Waals surface area contributed by atoms with Crippen molar-refractivity contribution in [3.63, 3.8) is 0 Å². The molecule has 0 aliphatic rings. The summed E-state index contributed by atoms with van der Waals surface area (Å²) >= 11 is 0. The van der Waals surface area contributed by atoms with Crippen molar-refractivity contribution in [2.24, 2.45) is 0 Å². The number of ether oxygens (including phenoxy) is 2. The van der Waals surface area contributed by atoms with E-state index in [0.29, 0.717) is 19.2 Å². The van der Waals surface area contributed by atoms with Crippen LogP contribution < -0.4 is 10.1 Å². The van der Waals surface area contributed by atoms with Gasteiger partial charge in [0.2, 0.25) is 0 Å². The maximum Gasteiger partial charge on any atom is 0.176 e. The summed E-state index contributed by atoms with van der Waals surface area (Å²) in [6, 6.07) is 8.23. The van der Waals surface area contributed by atoms with Gasteiger partial charge in [0.1, 0.15) is 5.76 Å². The van der Waals surface area contributed by atoms with Crippen molar-refractivity contribution in [2.75, 3.05) is 20.3 Å². The highest BCUT2D eigenvalue weighted by atomic mass is 16.5. The molecule has 0 saturated heterocycles. The van der Waals surface area contributed by atoms with E-state index in [4.69, 9.17) is 13.9 Å². The molecule has 2 aromatic rings. The lowest BCUT2D eigenvalue weighted by Crippen LogP contribution is -2.29. The Hall–Kier alpha value is -1.52. The zero-order valence-corrected chi connectivity index (χ0v) is 11.7. The Balaban J connectivity index is 2.01. The molecule has 0 spiro atoms. The van der Waals surface area contributed by atoms with E-state index in [1.165, 1.54) is 0 Å². The van der Waals surface area contributed by atoms with Gasteiger partial charge in [-0.2, -0.15) is 0 Å². The van der Waals surface area contributed by atoms with Crippen LogP contribution in [0.3, 0.4) is 0 Å². The molecule has 0 radical (unpaired) electrons. The minimum Gasteiger partial charge on any atom is -0.493 e. The van der Waals surface area contributed by atoms with Gasteiger partial charge in [-0.15, -0.1) is 0 Å². The maximum atomic E-state index is 5.82. The average Bonchev–Trinajstić information content (AvgIpc) is 2.85. The molecule has 0 saturated carbocycles. The lowest BCUT2D eigenvalue weighted by atomic mass is 10.2. The molecule has 1 aromatic carbocycles. The Bertz CT molecular complexity index is 521. The quantitative estimate of drug-likeness (QED) is 0.834. The van der Waals surface area contributed by atoms with Crippen LogP contribution in [0.2, 0.25) is 0 Å². The van der Waals surface area contributed by atoms with Crippen LogP contribution >= 0.6 is 0 Å². The number of hydrogen-bond donors (Lipinski definition) is 1. The number of hydrogen-bond acceptors (Lipinski definition) is 4. The first-order chi connectivity index (χ1) is 9.24. The van der Waals surface area contributed by atoms with E-state index < -0.39 is 0 Å². The monoisotopic (exact) mass is 263 g/mol. The molecule has 0 aliphatic carbocycles. The van der Waals surface area contributed by atoms with Gasteiger partial charge in [-0.05, 0) is 26.0 Å². The predicted octanol–water partition coefficient (Wildman–Crippen LogP) is 2.96. The van der Waals surface area contributed by atoms with E-state index in [0.717, 1.165) is 29.1 Å². The first kappa shape index (κ1) is 13.9. The number of para-hydroxylation sites is 1. The third-order valence-electron chi connectivity index (χ3n) is 2.98. The molecule has 0 amide bonds. The number of fused-ring (bicyclic) bond motifs is 1. The molecule has 1 aromatic heterocycles. The summed E-state index contributed by atoms with van der Waals surface area (Å²) in [6.45, 7) is 6.23. The fraction of sp³-hybridized carbons (Fsp3) is 0.467. The fourth-order valence-electron chi connectivity index (χ4n) is 1.97. The van der Waals surface area contributed by atoms with Gasteiger partial charge in [0.05, 0.1) is 20.3 Å². The first-order valence-electron chi connectivity index (χ1n) is 6.61. The maximum absolute atomic E-state index is 5.82. The van der Waals surface area contributed by atoms with Crippen molar-refractivity contribution in [1.82, 2.24) is 5.32 Å². The normalized spacial score (nSPS) is 12.8. The summed E-state index contributed by atoms with van der Waals surface area (Å²) in [4.78, 5) is 0.